The zero-order valence-electron chi connectivity index (χ0n) is 13.0. The number of benzene rings is 1. The molecule has 122 valence electrons. The lowest BCUT2D eigenvalue weighted by molar-refractivity contribution is 0.139. The maximum absolute atomic E-state index is 13.2. The summed E-state index contributed by atoms with van der Waals surface area (Å²) in [5.74, 6) is -0.400. The van der Waals surface area contributed by atoms with E-state index in [-0.39, 0.29) is 4.90 Å². The van der Waals surface area contributed by atoms with Crippen molar-refractivity contribution < 1.29 is 12.8 Å². The van der Waals surface area contributed by atoms with Crippen LogP contribution in [0.3, 0.4) is 0 Å². The predicted molar refractivity (Wildman–Crippen MR) is 83.7 cm³/mol. The van der Waals surface area contributed by atoms with Gasteiger partial charge in [-0.25, -0.2) is 12.8 Å². The minimum Gasteiger partial charge on any atom is -0.298 e. The molecule has 1 saturated heterocycles. The fourth-order valence-electron chi connectivity index (χ4n) is 3.62. The van der Waals surface area contributed by atoms with Crippen molar-refractivity contribution in [3.8, 4) is 0 Å². The molecule has 2 fully saturated rings. The molecule has 0 radical (unpaired) electrons. The second-order valence-corrected chi connectivity index (χ2v) is 8.19. The minimum absolute atomic E-state index is 0.225. The number of piperazine rings is 1. The van der Waals surface area contributed by atoms with E-state index in [0.717, 1.165) is 13.1 Å². The fraction of sp³-hybridized carbons (Fsp3) is 0.625. The van der Waals surface area contributed by atoms with Gasteiger partial charge >= 0.3 is 0 Å². The van der Waals surface area contributed by atoms with E-state index in [4.69, 9.17) is 0 Å². The first-order valence-electron chi connectivity index (χ1n) is 7.99. The quantitative estimate of drug-likeness (QED) is 0.856. The molecule has 4 nitrogen and oxygen atoms in total. The van der Waals surface area contributed by atoms with Crippen LogP contribution in [0.25, 0.3) is 0 Å². The first-order chi connectivity index (χ1) is 10.5. The summed E-state index contributed by atoms with van der Waals surface area (Å²) in [6, 6.07) is 4.51. The van der Waals surface area contributed by atoms with Crippen molar-refractivity contribution >= 4 is 10.0 Å². The molecule has 0 spiro atoms. The Morgan fingerprint density at radius 2 is 1.73 bits per heavy atom. The van der Waals surface area contributed by atoms with Crippen LogP contribution in [0, 0.1) is 12.7 Å². The molecular weight excluding hydrogens is 303 g/mol. The van der Waals surface area contributed by atoms with Gasteiger partial charge < -0.3 is 0 Å². The van der Waals surface area contributed by atoms with Gasteiger partial charge in [0.1, 0.15) is 5.82 Å². The van der Waals surface area contributed by atoms with E-state index in [1.807, 2.05) is 0 Å². The van der Waals surface area contributed by atoms with Gasteiger partial charge in [-0.2, -0.15) is 4.31 Å². The highest BCUT2D eigenvalue weighted by atomic mass is 32.2. The molecule has 1 aliphatic heterocycles. The number of nitrogens with zero attached hydrogens (tertiary/aromatic N) is 2. The van der Waals surface area contributed by atoms with Crippen molar-refractivity contribution in [3.63, 3.8) is 0 Å². The van der Waals surface area contributed by atoms with Gasteiger partial charge in [0.05, 0.1) is 4.90 Å². The molecule has 6 heteroatoms. The Kier molecular flexibility index (Phi) is 4.52. The molecule has 1 heterocycles. The van der Waals surface area contributed by atoms with Crippen LogP contribution in [-0.4, -0.2) is 49.8 Å². The standard InChI is InChI=1S/C16H23FN2O2S/c1-13-12-14(17)6-7-16(13)22(20,21)19-10-8-18(9-11-19)15-4-2-3-5-15/h6-7,12,15H,2-5,8-11H2,1H3. The van der Waals surface area contributed by atoms with Crippen molar-refractivity contribution in [2.75, 3.05) is 26.2 Å². The maximum atomic E-state index is 13.2. The highest BCUT2D eigenvalue weighted by molar-refractivity contribution is 7.89. The van der Waals surface area contributed by atoms with Gasteiger partial charge in [0.25, 0.3) is 0 Å². The first kappa shape index (κ1) is 15.9. The van der Waals surface area contributed by atoms with E-state index < -0.39 is 15.8 Å². The Balaban J connectivity index is 1.71. The maximum Gasteiger partial charge on any atom is 0.243 e. The highest BCUT2D eigenvalue weighted by Gasteiger charge is 2.32. The smallest absolute Gasteiger partial charge is 0.243 e. The van der Waals surface area contributed by atoms with Gasteiger partial charge in [-0.3, -0.25) is 4.90 Å². The molecule has 2 aliphatic rings. The predicted octanol–water partition coefficient (Wildman–Crippen LogP) is 2.38. The number of sulfonamides is 1. The molecule has 22 heavy (non-hydrogen) atoms. The van der Waals surface area contributed by atoms with Crippen molar-refractivity contribution in [3.05, 3.63) is 29.6 Å². The average Bonchev–Trinajstić information content (AvgIpc) is 3.01. The normalized spacial score (nSPS) is 22.3. The van der Waals surface area contributed by atoms with Gasteiger partial charge in [0.2, 0.25) is 10.0 Å². The number of aryl methyl sites for hydroxylation is 1. The highest BCUT2D eigenvalue weighted by Crippen LogP contribution is 2.26. The van der Waals surface area contributed by atoms with Gasteiger partial charge in [-0.05, 0) is 43.5 Å². The summed E-state index contributed by atoms with van der Waals surface area (Å²) in [5, 5.41) is 0. The summed E-state index contributed by atoms with van der Waals surface area (Å²) >= 11 is 0. The third-order valence-corrected chi connectivity index (χ3v) is 6.93. The fourth-order valence-corrected chi connectivity index (χ4v) is 5.25. The van der Waals surface area contributed by atoms with Crippen LogP contribution in [0.1, 0.15) is 31.2 Å². The molecule has 0 atom stereocenters. The van der Waals surface area contributed by atoms with Crippen molar-refractivity contribution in [1.82, 2.24) is 9.21 Å². The number of hydrogen-bond donors (Lipinski definition) is 0. The summed E-state index contributed by atoms with van der Waals surface area (Å²) in [6.45, 7) is 4.28. The average molecular weight is 326 g/mol. The summed E-state index contributed by atoms with van der Waals surface area (Å²) in [6.07, 6.45) is 5.06. The van der Waals surface area contributed by atoms with E-state index in [9.17, 15) is 12.8 Å². The first-order valence-corrected chi connectivity index (χ1v) is 9.43. The molecule has 1 aromatic rings. The Hall–Kier alpha value is -0.980. The third kappa shape index (κ3) is 3.05. The molecule has 1 saturated carbocycles. The van der Waals surface area contributed by atoms with Crippen LogP contribution < -0.4 is 0 Å². The molecule has 0 N–H and O–H groups in total. The molecular formula is C16H23FN2O2S. The lowest BCUT2D eigenvalue weighted by Gasteiger charge is -2.37. The van der Waals surface area contributed by atoms with Gasteiger partial charge in [0.15, 0.2) is 0 Å². The molecule has 0 aromatic heterocycles. The second-order valence-electron chi connectivity index (χ2n) is 6.29. The van der Waals surface area contributed by atoms with Crippen molar-refractivity contribution in [2.45, 2.75) is 43.5 Å². The molecule has 0 bridgehead atoms. The molecule has 0 unspecified atom stereocenters. The molecule has 1 aliphatic carbocycles. The number of rotatable bonds is 3. The Bertz CT molecular complexity index is 634. The Morgan fingerprint density at radius 3 is 2.32 bits per heavy atom. The van der Waals surface area contributed by atoms with E-state index in [2.05, 4.69) is 4.90 Å². The van der Waals surface area contributed by atoms with Crippen LogP contribution in [0.15, 0.2) is 23.1 Å². The molecule has 0 amide bonds. The zero-order valence-corrected chi connectivity index (χ0v) is 13.8. The second kappa shape index (κ2) is 6.26. The Morgan fingerprint density at radius 1 is 1.09 bits per heavy atom. The largest absolute Gasteiger partial charge is 0.298 e. The van der Waals surface area contributed by atoms with Gasteiger partial charge in [-0.15, -0.1) is 0 Å². The van der Waals surface area contributed by atoms with Gasteiger partial charge in [0, 0.05) is 32.2 Å². The summed E-state index contributed by atoms with van der Waals surface area (Å²) in [4.78, 5) is 2.65. The van der Waals surface area contributed by atoms with Crippen molar-refractivity contribution in [2.24, 2.45) is 0 Å². The minimum atomic E-state index is -3.52. The topological polar surface area (TPSA) is 40.6 Å². The summed E-state index contributed by atoms with van der Waals surface area (Å²) in [7, 11) is -3.52. The lowest BCUT2D eigenvalue weighted by Crippen LogP contribution is -2.51. The number of halogens is 1. The summed E-state index contributed by atoms with van der Waals surface area (Å²) in [5.41, 5.74) is 0.471. The van der Waals surface area contributed by atoms with Crippen molar-refractivity contribution in [1.29, 1.82) is 0 Å². The zero-order chi connectivity index (χ0) is 15.7. The van der Waals surface area contributed by atoms with E-state index >= 15 is 0 Å². The third-order valence-electron chi connectivity index (χ3n) is 4.87. The number of hydrogen-bond acceptors (Lipinski definition) is 3. The van der Waals surface area contributed by atoms with E-state index in [1.165, 1.54) is 43.9 Å². The summed E-state index contributed by atoms with van der Waals surface area (Å²) < 4.78 is 40.2. The van der Waals surface area contributed by atoms with Crippen LogP contribution in [0.5, 0.6) is 0 Å². The van der Waals surface area contributed by atoms with E-state index in [0.29, 0.717) is 24.7 Å². The van der Waals surface area contributed by atoms with Crippen LogP contribution >= 0.6 is 0 Å². The molecule has 3 rings (SSSR count). The Labute approximate surface area is 132 Å². The van der Waals surface area contributed by atoms with Crippen LogP contribution in [-0.2, 0) is 10.0 Å². The van der Waals surface area contributed by atoms with Crippen LogP contribution in [0.2, 0.25) is 0 Å². The molecule has 1 aromatic carbocycles. The van der Waals surface area contributed by atoms with Gasteiger partial charge in [-0.1, -0.05) is 12.8 Å². The monoisotopic (exact) mass is 326 g/mol. The lowest BCUT2D eigenvalue weighted by atomic mass is 10.2. The SMILES string of the molecule is Cc1cc(F)ccc1S(=O)(=O)N1CCN(C2CCCC2)CC1. The van der Waals surface area contributed by atoms with Crippen LogP contribution in [0.4, 0.5) is 4.39 Å². The van der Waals surface area contributed by atoms with E-state index in [1.54, 1.807) is 11.2 Å².